The number of rotatable bonds is 2. The van der Waals surface area contributed by atoms with Crippen molar-refractivity contribution < 1.29 is 18.3 Å². The largest absolute Gasteiger partial charge is 0.444 e. The lowest BCUT2D eigenvalue weighted by molar-refractivity contribution is 0.0240. The Balaban J connectivity index is 1.78. The van der Waals surface area contributed by atoms with Gasteiger partial charge in [-0.05, 0) is 26.8 Å². The molecule has 2 aromatic rings. The number of fused-ring (bicyclic) bond motifs is 1. The smallest absolute Gasteiger partial charge is 0.410 e. The van der Waals surface area contributed by atoms with Gasteiger partial charge >= 0.3 is 6.09 Å². The highest BCUT2D eigenvalue weighted by atomic mass is 32.2. The molecule has 136 valence electrons. The van der Waals surface area contributed by atoms with Crippen LogP contribution in [0.4, 0.5) is 10.6 Å². The molecule has 0 saturated carbocycles. The van der Waals surface area contributed by atoms with Gasteiger partial charge < -0.3 is 19.1 Å². The van der Waals surface area contributed by atoms with Crippen LogP contribution in [0, 0.1) is 0 Å². The molecule has 0 spiro atoms. The molecule has 0 bridgehead atoms. The molecule has 9 heteroatoms. The van der Waals surface area contributed by atoms with Crippen molar-refractivity contribution in [2.45, 2.75) is 31.3 Å². The Hall–Kier alpha value is -1.71. The predicted molar refractivity (Wildman–Crippen MR) is 98.7 cm³/mol. The molecule has 3 rings (SSSR count). The first-order chi connectivity index (χ1) is 11.8. The summed E-state index contributed by atoms with van der Waals surface area (Å²) < 4.78 is 27.4. The molecule has 3 heterocycles. The van der Waals surface area contributed by atoms with E-state index in [1.807, 2.05) is 31.7 Å². The molecule has 25 heavy (non-hydrogen) atoms. The number of hydrogen-bond acceptors (Lipinski definition) is 6. The normalized spacial score (nSPS) is 17.0. The monoisotopic (exact) mass is 383 g/mol. The molecule has 0 radical (unpaired) electrons. The lowest BCUT2D eigenvalue weighted by atomic mass is 10.2. The molecule has 1 aliphatic heterocycles. The van der Waals surface area contributed by atoms with E-state index >= 15 is 0 Å². The van der Waals surface area contributed by atoms with E-state index in [1.165, 1.54) is 11.3 Å². The second-order valence-electron chi connectivity index (χ2n) is 6.81. The Labute approximate surface area is 152 Å². The number of nitrogens with zero attached hydrogens (tertiary/aromatic N) is 3. The molecule has 1 amide bonds. The first-order valence-corrected chi connectivity index (χ1v) is 9.95. The van der Waals surface area contributed by atoms with Crippen LogP contribution in [0.1, 0.15) is 20.8 Å². The number of hydrogen-bond donors (Lipinski definition) is 1. The molecule has 0 aromatic carbocycles. The summed E-state index contributed by atoms with van der Waals surface area (Å²) in [6.45, 7) is 7.78. The summed E-state index contributed by atoms with van der Waals surface area (Å²) in [5, 5.41) is 2.42. The van der Waals surface area contributed by atoms with E-state index in [-0.39, 0.29) is 6.09 Å². The Morgan fingerprint density at radius 1 is 1.32 bits per heavy atom. The molecule has 1 unspecified atom stereocenters. The zero-order chi connectivity index (χ0) is 18.2. The van der Waals surface area contributed by atoms with Crippen molar-refractivity contribution in [1.82, 2.24) is 9.88 Å². The van der Waals surface area contributed by atoms with Gasteiger partial charge in [-0.3, -0.25) is 0 Å². The van der Waals surface area contributed by atoms with Crippen molar-refractivity contribution in [3.8, 4) is 0 Å². The summed E-state index contributed by atoms with van der Waals surface area (Å²) in [5.41, 5.74) is -0.516. The highest BCUT2D eigenvalue weighted by molar-refractivity contribution is 7.79. The van der Waals surface area contributed by atoms with Gasteiger partial charge in [0.2, 0.25) is 0 Å². The lowest BCUT2D eigenvalue weighted by Crippen LogP contribution is -2.50. The maximum absolute atomic E-state index is 12.2. The van der Waals surface area contributed by atoms with Gasteiger partial charge in [0.1, 0.15) is 11.4 Å². The quantitative estimate of drug-likeness (QED) is 0.803. The summed E-state index contributed by atoms with van der Waals surface area (Å²) in [6, 6.07) is 1.84. The predicted octanol–water partition coefficient (Wildman–Crippen LogP) is 2.93. The number of ether oxygens (including phenoxy) is 1. The third-order valence-corrected chi connectivity index (χ3v) is 5.65. The van der Waals surface area contributed by atoms with Gasteiger partial charge in [-0.2, -0.15) is 0 Å². The number of carbonyl (C=O) groups excluding carboxylic acids is 1. The average molecular weight is 383 g/mol. The SMILES string of the molecule is CC(C)(C)OC(=O)N1CCN(c2nccc3scc(S(=O)O)c23)CC1. The Bertz CT molecular complexity index is 807. The van der Waals surface area contributed by atoms with Crippen LogP contribution in [-0.4, -0.2) is 56.5 Å². The highest BCUT2D eigenvalue weighted by Gasteiger charge is 2.27. The van der Waals surface area contributed by atoms with E-state index < -0.39 is 16.7 Å². The number of carbonyl (C=O) groups is 1. The third-order valence-electron chi connectivity index (χ3n) is 3.85. The van der Waals surface area contributed by atoms with Crippen molar-refractivity contribution in [2.75, 3.05) is 31.1 Å². The van der Waals surface area contributed by atoms with Crippen LogP contribution in [-0.2, 0) is 15.8 Å². The molecule has 1 N–H and O–H groups in total. The van der Waals surface area contributed by atoms with E-state index in [4.69, 9.17) is 4.74 Å². The zero-order valence-electron chi connectivity index (χ0n) is 14.4. The first-order valence-electron chi connectivity index (χ1n) is 7.96. The number of piperazine rings is 1. The zero-order valence-corrected chi connectivity index (χ0v) is 16.0. The van der Waals surface area contributed by atoms with Crippen LogP contribution in [0.5, 0.6) is 0 Å². The summed E-state index contributed by atoms with van der Waals surface area (Å²) in [7, 11) is 0. The van der Waals surface area contributed by atoms with Crippen molar-refractivity contribution in [1.29, 1.82) is 0 Å². The number of anilines is 1. The van der Waals surface area contributed by atoms with E-state index in [9.17, 15) is 13.6 Å². The van der Waals surface area contributed by atoms with E-state index in [0.717, 1.165) is 10.1 Å². The van der Waals surface area contributed by atoms with Crippen LogP contribution in [0.15, 0.2) is 22.5 Å². The molecular formula is C16H21N3O4S2. The van der Waals surface area contributed by atoms with Gasteiger partial charge in [-0.25, -0.2) is 14.0 Å². The van der Waals surface area contributed by atoms with E-state index in [0.29, 0.717) is 36.9 Å². The van der Waals surface area contributed by atoms with Crippen molar-refractivity contribution in [2.24, 2.45) is 0 Å². The fourth-order valence-electron chi connectivity index (χ4n) is 2.73. The standard InChI is InChI=1S/C16H21N3O4S2/c1-16(2,3)23-15(20)19-8-6-18(7-9-19)14-13-11(4-5-17-14)24-10-12(13)25(21)22/h4-5,10H,6-9H2,1-3H3,(H,21,22). The van der Waals surface area contributed by atoms with Crippen LogP contribution in [0.3, 0.4) is 0 Å². The van der Waals surface area contributed by atoms with Crippen molar-refractivity contribution >= 4 is 44.4 Å². The minimum absolute atomic E-state index is 0.314. The molecule has 1 fully saturated rings. The number of aromatic nitrogens is 1. The van der Waals surface area contributed by atoms with Crippen LogP contribution < -0.4 is 4.90 Å². The van der Waals surface area contributed by atoms with Crippen LogP contribution in [0.25, 0.3) is 10.1 Å². The van der Waals surface area contributed by atoms with Gasteiger partial charge in [0, 0.05) is 42.5 Å². The van der Waals surface area contributed by atoms with E-state index in [1.54, 1.807) is 16.5 Å². The Kier molecular flexibility index (Phi) is 4.99. The highest BCUT2D eigenvalue weighted by Crippen LogP contribution is 2.34. The second-order valence-corrected chi connectivity index (χ2v) is 8.66. The topological polar surface area (TPSA) is 83.0 Å². The van der Waals surface area contributed by atoms with Crippen LogP contribution in [0.2, 0.25) is 0 Å². The second kappa shape index (κ2) is 6.89. The average Bonchev–Trinajstić information content (AvgIpc) is 2.97. The van der Waals surface area contributed by atoms with Gasteiger partial charge in [-0.1, -0.05) is 0 Å². The fourth-order valence-corrected chi connectivity index (χ4v) is 4.46. The molecule has 2 aromatic heterocycles. The third kappa shape index (κ3) is 3.94. The summed E-state index contributed by atoms with van der Waals surface area (Å²) >= 11 is -0.626. The Morgan fingerprint density at radius 3 is 2.60 bits per heavy atom. The molecular weight excluding hydrogens is 362 g/mol. The molecule has 1 saturated heterocycles. The summed E-state index contributed by atoms with van der Waals surface area (Å²) in [6.07, 6.45) is 1.39. The Morgan fingerprint density at radius 2 is 2.00 bits per heavy atom. The minimum atomic E-state index is -2.05. The molecule has 1 aliphatic rings. The van der Waals surface area contributed by atoms with Gasteiger partial charge in [-0.15, -0.1) is 11.3 Å². The number of thiophene rings is 1. The van der Waals surface area contributed by atoms with Gasteiger partial charge in [0.05, 0.1) is 10.3 Å². The van der Waals surface area contributed by atoms with Crippen molar-refractivity contribution in [3.05, 3.63) is 17.6 Å². The summed E-state index contributed by atoms with van der Waals surface area (Å²) in [4.78, 5) is 20.7. The van der Waals surface area contributed by atoms with Gasteiger partial charge in [0.25, 0.3) is 0 Å². The number of pyridine rings is 1. The maximum atomic E-state index is 12.2. The number of amides is 1. The molecule has 0 aliphatic carbocycles. The van der Waals surface area contributed by atoms with Crippen molar-refractivity contribution in [3.63, 3.8) is 0 Å². The minimum Gasteiger partial charge on any atom is -0.444 e. The first kappa shape index (κ1) is 18.1. The molecule has 1 atom stereocenters. The lowest BCUT2D eigenvalue weighted by Gasteiger charge is -2.36. The summed E-state index contributed by atoms with van der Waals surface area (Å²) in [5.74, 6) is 0.694. The van der Waals surface area contributed by atoms with Crippen LogP contribution >= 0.6 is 11.3 Å². The fraction of sp³-hybridized carbons (Fsp3) is 0.500. The van der Waals surface area contributed by atoms with Gasteiger partial charge in [0.15, 0.2) is 11.1 Å². The molecule has 7 nitrogen and oxygen atoms in total. The maximum Gasteiger partial charge on any atom is 0.410 e. The van der Waals surface area contributed by atoms with E-state index in [2.05, 4.69) is 4.98 Å².